The molecule has 1 aliphatic rings. The molecular weight excluding hydrogens is 368 g/mol. The summed E-state index contributed by atoms with van der Waals surface area (Å²) in [5.74, 6) is -0.472. The van der Waals surface area contributed by atoms with Gasteiger partial charge < -0.3 is 15.2 Å². The highest BCUT2D eigenvalue weighted by molar-refractivity contribution is 7.89. The number of nitrogens with one attached hydrogen (secondary N) is 1. The number of amides is 1. The molecule has 7 nitrogen and oxygen atoms in total. The summed E-state index contributed by atoms with van der Waals surface area (Å²) < 4.78 is 30.8. The molecule has 0 aliphatic carbocycles. The van der Waals surface area contributed by atoms with E-state index in [2.05, 4.69) is 5.32 Å². The molecule has 9 heteroatoms. The van der Waals surface area contributed by atoms with E-state index in [0.717, 1.165) is 4.31 Å². The number of aliphatic hydroxyl groups is 1. The first kappa shape index (κ1) is 20.1. The minimum atomic E-state index is -3.66. The Hall–Kier alpha value is -1.19. The van der Waals surface area contributed by atoms with Crippen LogP contribution in [0.4, 0.5) is 0 Å². The van der Waals surface area contributed by atoms with Gasteiger partial charge in [0.05, 0.1) is 22.1 Å². The summed E-state index contributed by atoms with van der Waals surface area (Å²) in [7, 11) is -0.831. The number of sulfonamides is 1. The van der Waals surface area contributed by atoms with Crippen LogP contribution in [0.5, 0.6) is 0 Å². The van der Waals surface area contributed by atoms with E-state index in [-0.39, 0.29) is 28.6 Å². The Bertz CT molecular complexity index is 730. The third kappa shape index (κ3) is 4.51. The Balaban J connectivity index is 2.19. The third-order valence-electron chi connectivity index (χ3n) is 4.47. The lowest BCUT2D eigenvalue weighted by molar-refractivity contribution is -0.0146. The van der Waals surface area contributed by atoms with Gasteiger partial charge in [-0.25, -0.2) is 12.7 Å². The van der Waals surface area contributed by atoms with Crippen LogP contribution in [0.25, 0.3) is 0 Å². The second-order valence-electron chi connectivity index (χ2n) is 6.38. The highest BCUT2D eigenvalue weighted by atomic mass is 35.5. The maximum atomic E-state index is 12.5. The van der Waals surface area contributed by atoms with Gasteiger partial charge in [-0.1, -0.05) is 11.6 Å². The summed E-state index contributed by atoms with van der Waals surface area (Å²) >= 11 is 6.07. The number of hydrogen-bond acceptors (Lipinski definition) is 5. The average molecular weight is 391 g/mol. The van der Waals surface area contributed by atoms with Gasteiger partial charge in [0, 0.05) is 39.3 Å². The summed E-state index contributed by atoms with van der Waals surface area (Å²) in [6.45, 7) is 1.29. The van der Waals surface area contributed by atoms with Gasteiger partial charge in [-0.05, 0) is 31.0 Å². The summed E-state index contributed by atoms with van der Waals surface area (Å²) in [6.07, 6.45) is 1.29. The molecular formula is C16H23ClN2O5S. The summed E-state index contributed by atoms with van der Waals surface area (Å²) in [5, 5.41) is 12.6. The summed E-state index contributed by atoms with van der Waals surface area (Å²) in [6, 6.07) is 4.02. The van der Waals surface area contributed by atoms with Crippen LogP contribution in [0.3, 0.4) is 0 Å². The van der Waals surface area contributed by atoms with Crippen LogP contribution in [0.15, 0.2) is 23.1 Å². The molecule has 2 rings (SSSR count). The molecule has 1 fully saturated rings. The van der Waals surface area contributed by atoms with Gasteiger partial charge in [0.2, 0.25) is 10.0 Å². The zero-order valence-corrected chi connectivity index (χ0v) is 15.9. The van der Waals surface area contributed by atoms with Crippen molar-refractivity contribution in [3.8, 4) is 0 Å². The van der Waals surface area contributed by atoms with E-state index in [1.807, 2.05) is 0 Å². The maximum absolute atomic E-state index is 12.5. The smallest absolute Gasteiger partial charge is 0.252 e. The average Bonchev–Trinajstić information content (AvgIpc) is 2.60. The molecule has 25 heavy (non-hydrogen) atoms. The molecule has 0 radical (unpaired) electrons. The quantitative estimate of drug-likeness (QED) is 0.758. The van der Waals surface area contributed by atoms with E-state index in [1.165, 1.54) is 32.3 Å². The molecule has 0 bridgehead atoms. The molecule has 1 heterocycles. The summed E-state index contributed by atoms with van der Waals surface area (Å²) in [5.41, 5.74) is -0.335. The largest absolute Gasteiger partial charge is 0.396 e. The molecule has 140 valence electrons. The molecule has 1 amide bonds. The zero-order chi connectivity index (χ0) is 18.7. The van der Waals surface area contributed by atoms with Crippen molar-refractivity contribution >= 4 is 27.5 Å². The highest BCUT2D eigenvalue weighted by Gasteiger charge is 2.32. The fourth-order valence-electron chi connectivity index (χ4n) is 2.61. The summed E-state index contributed by atoms with van der Waals surface area (Å²) in [4.78, 5) is 12.5. The van der Waals surface area contributed by atoms with E-state index in [0.29, 0.717) is 26.1 Å². The van der Waals surface area contributed by atoms with Crippen LogP contribution >= 0.6 is 11.6 Å². The fourth-order valence-corrected chi connectivity index (χ4v) is 3.74. The van der Waals surface area contributed by atoms with Gasteiger partial charge in [0.25, 0.3) is 5.91 Å². The SMILES string of the molecule is CN(C)S(=O)(=O)c1ccc(Cl)c(C(=O)NCC2(CO)CCOCC2)c1. The zero-order valence-electron chi connectivity index (χ0n) is 14.3. The lowest BCUT2D eigenvalue weighted by Crippen LogP contribution is -2.43. The van der Waals surface area contributed by atoms with Crippen LogP contribution in [0.2, 0.25) is 5.02 Å². The van der Waals surface area contributed by atoms with E-state index in [4.69, 9.17) is 16.3 Å². The van der Waals surface area contributed by atoms with Crippen LogP contribution in [0.1, 0.15) is 23.2 Å². The molecule has 0 saturated carbocycles. The van der Waals surface area contributed by atoms with E-state index in [9.17, 15) is 18.3 Å². The van der Waals surface area contributed by atoms with Crippen molar-refractivity contribution in [2.24, 2.45) is 5.41 Å². The van der Waals surface area contributed by atoms with E-state index >= 15 is 0 Å². The van der Waals surface area contributed by atoms with E-state index in [1.54, 1.807) is 0 Å². The molecule has 1 saturated heterocycles. The second kappa shape index (κ2) is 8.01. The Morgan fingerprint density at radius 1 is 1.36 bits per heavy atom. The maximum Gasteiger partial charge on any atom is 0.252 e. The molecule has 0 aromatic heterocycles. The first-order valence-corrected chi connectivity index (χ1v) is 9.72. The molecule has 1 aromatic carbocycles. The first-order valence-electron chi connectivity index (χ1n) is 7.91. The molecule has 0 atom stereocenters. The fraction of sp³-hybridized carbons (Fsp3) is 0.562. The third-order valence-corrected chi connectivity index (χ3v) is 6.61. The topological polar surface area (TPSA) is 95.9 Å². The van der Waals surface area contributed by atoms with Crippen LogP contribution in [0, 0.1) is 5.41 Å². The van der Waals surface area contributed by atoms with Gasteiger partial charge in [-0.3, -0.25) is 4.79 Å². The minimum Gasteiger partial charge on any atom is -0.396 e. The van der Waals surface area contributed by atoms with Gasteiger partial charge in [-0.15, -0.1) is 0 Å². The number of carbonyl (C=O) groups excluding carboxylic acids is 1. The van der Waals surface area contributed by atoms with Crippen molar-refractivity contribution in [3.05, 3.63) is 28.8 Å². The predicted molar refractivity (Wildman–Crippen MR) is 94.2 cm³/mol. The van der Waals surface area contributed by atoms with Crippen molar-refractivity contribution in [1.82, 2.24) is 9.62 Å². The van der Waals surface area contributed by atoms with Gasteiger partial charge in [0.1, 0.15) is 0 Å². The standard InChI is InChI=1S/C16H23ClN2O5S/c1-19(2)25(22,23)12-3-4-14(17)13(9-12)15(21)18-10-16(11-20)5-7-24-8-6-16/h3-4,9,20H,5-8,10-11H2,1-2H3,(H,18,21). The van der Waals surface area contributed by atoms with Crippen LogP contribution in [-0.2, 0) is 14.8 Å². The predicted octanol–water partition coefficient (Wildman–Crippen LogP) is 1.11. The molecule has 0 unspecified atom stereocenters. The normalized spacial score (nSPS) is 17.5. The minimum absolute atomic E-state index is 0.00464. The van der Waals surface area contributed by atoms with Crippen molar-refractivity contribution in [2.45, 2.75) is 17.7 Å². The number of benzene rings is 1. The van der Waals surface area contributed by atoms with Crippen molar-refractivity contribution < 1.29 is 23.1 Å². The monoisotopic (exact) mass is 390 g/mol. The molecule has 1 aliphatic heterocycles. The number of nitrogens with zero attached hydrogens (tertiary/aromatic N) is 1. The Labute approximate surface area is 153 Å². The number of hydrogen-bond donors (Lipinski definition) is 2. The number of ether oxygens (including phenoxy) is 1. The Morgan fingerprint density at radius 3 is 2.56 bits per heavy atom. The Kier molecular flexibility index (Phi) is 6.45. The number of halogens is 1. The molecule has 0 spiro atoms. The second-order valence-corrected chi connectivity index (χ2v) is 8.94. The van der Waals surface area contributed by atoms with Crippen molar-refractivity contribution in [2.75, 3.05) is 40.5 Å². The van der Waals surface area contributed by atoms with Gasteiger partial charge >= 0.3 is 0 Å². The van der Waals surface area contributed by atoms with Crippen LogP contribution in [-0.4, -0.2) is 64.2 Å². The number of rotatable bonds is 6. The number of aliphatic hydroxyl groups excluding tert-OH is 1. The lowest BCUT2D eigenvalue weighted by Gasteiger charge is -2.35. The van der Waals surface area contributed by atoms with Crippen LogP contribution < -0.4 is 5.32 Å². The first-order chi connectivity index (χ1) is 11.7. The molecule has 1 aromatic rings. The van der Waals surface area contributed by atoms with E-state index < -0.39 is 21.3 Å². The van der Waals surface area contributed by atoms with Gasteiger partial charge in [0.15, 0.2) is 0 Å². The highest BCUT2D eigenvalue weighted by Crippen LogP contribution is 2.29. The van der Waals surface area contributed by atoms with Crippen molar-refractivity contribution in [1.29, 1.82) is 0 Å². The number of carbonyl (C=O) groups is 1. The lowest BCUT2D eigenvalue weighted by atomic mass is 9.81. The van der Waals surface area contributed by atoms with Gasteiger partial charge in [-0.2, -0.15) is 0 Å². The van der Waals surface area contributed by atoms with Crippen molar-refractivity contribution in [3.63, 3.8) is 0 Å². The Morgan fingerprint density at radius 2 is 2.00 bits per heavy atom. The molecule has 2 N–H and O–H groups in total.